The summed E-state index contributed by atoms with van der Waals surface area (Å²) in [6.45, 7) is 4.55. The third-order valence-electron chi connectivity index (χ3n) is 4.48. The number of hydrogen-bond acceptors (Lipinski definition) is 7. The minimum absolute atomic E-state index is 0.0472. The number of carbonyl (C=O) groups excluding carboxylic acids is 1. The van der Waals surface area contributed by atoms with Crippen molar-refractivity contribution in [2.24, 2.45) is 7.05 Å². The summed E-state index contributed by atoms with van der Waals surface area (Å²) < 4.78 is 8.02. The van der Waals surface area contributed by atoms with E-state index in [1.165, 1.54) is 0 Å². The minimum Gasteiger partial charge on any atom is -0.373 e. The smallest absolute Gasteiger partial charge is 0.271 e. The lowest BCUT2D eigenvalue weighted by Crippen LogP contribution is -2.46. The van der Waals surface area contributed by atoms with E-state index in [1.807, 2.05) is 24.7 Å². The second-order valence-corrected chi connectivity index (χ2v) is 6.31. The van der Waals surface area contributed by atoms with E-state index in [2.05, 4.69) is 37.8 Å². The van der Waals surface area contributed by atoms with Crippen LogP contribution in [0.3, 0.4) is 0 Å². The maximum absolute atomic E-state index is 11.7. The lowest BCUT2D eigenvalue weighted by Gasteiger charge is -2.39. The number of nitrogens with zero attached hydrogens (tertiary/aromatic N) is 5. The summed E-state index contributed by atoms with van der Waals surface area (Å²) in [6.07, 6.45) is 3.63. The molecule has 2 aromatic rings. The van der Waals surface area contributed by atoms with Crippen molar-refractivity contribution in [3.8, 4) is 0 Å². The van der Waals surface area contributed by atoms with Gasteiger partial charge < -0.3 is 19.9 Å². The van der Waals surface area contributed by atoms with E-state index in [0.717, 1.165) is 12.2 Å². The number of carbonyl (C=O) groups is 1. The number of hydrogen-bond donors (Lipinski definition) is 2. The Morgan fingerprint density at radius 2 is 2.19 bits per heavy atom. The molecular formula is C17H25N7O2. The number of likely N-dealkylation sites (N-methyl/N-ethyl adjacent to an activating group) is 1. The molecule has 9 heteroatoms. The molecule has 2 atom stereocenters. The van der Waals surface area contributed by atoms with Crippen LogP contribution in [-0.2, 0) is 11.8 Å². The summed E-state index contributed by atoms with van der Waals surface area (Å²) in [5.74, 6) is 0.388. The molecule has 1 fully saturated rings. The van der Waals surface area contributed by atoms with Crippen molar-refractivity contribution in [1.82, 2.24) is 30.0 Å². The third kappa shape index (κ3) is 4.00. The van der Waals surface area contributed by atoms with Gasteiger partial charge in [0.2, 0.25) is 0 Å². The molecule has 0 aromatic carbocycles. The Labute approximate surface area is 152 Å². The molecule has 3 rings (SSSR count). The largest absolute Gasteiger partial charge is 0.373 e. The molecule has 0 aliphatic carbocycles. The summed E-state index contributed by atoms with van der Waals surface area (Å²) in [6, 6.07) is 3.52. The second-order valence-electron chi connectivity index (χ2n) is 6.31. The number of nitrogens with one attached hydrogen (secondary N) is 2. The maximum Gasteiger partial charge on any atom is 0.271 e. The number of rotatable bonds is 6. The van der Waals surface area contributed by atoms with E-state index in [1.54, 1.807) is 18.5 Å². The van der Waals surface area contributed by atoms with Crippen LogP contribution in [0.15, 0.2) is 24.7 Å². The van der Waals surface area contributed by atoms with Gasteiger partial charge in [0.15, 0.2) is 5.69 Å². The van der Waals surface area contributed by atoms with E-state index < -0.39 is 0 Å². The lowest BCUT2D eigenvalue weighted by atomic mass is 10.0. The highest BCUT2D eigenvalue weighted by Gasteiger charge is 2.33. The van der Waals surface area contributed by atoms with Gasteiger partial charge in [0.05, 0.1) is 30.8 Å². The SMILES string of the molecule is CCNC(=O)c1ccc(NC[C@@H]2OCCN(C)[C@H]2c2cncn2C)nn1. The molecule has 3 heterocycles. The molecule has 1 aliphatic rings. The average molecular weight is 359 g/mol. The van der Waals surface area contributed by atoms with Crippen LogP contribution in [0.2, 0.25) is 0 Å². The summed E-state index contributed by atoms with van der Waals surface area (Å²) >= 11 is 0. The first-order valence-electron chi connectivity index (χ1n) is 8.74. The molecule has 0 bridgehead atoms. The van der Waals surface area contributed by atoms with Crippen molar-refractivity contribution in [1.29, 1.82) is 0 Å². The second kappa shape index (κ2) is 8.24. The fourth-order valence-electron chi connectivity index (χ4n) is 3.11. The van der Waals surface area contributed by atoms with Crippen molar-refractivity contribution < 1.29 is 9.53 Å². The van der Waals surface area contributed by atoms with E-state index in [-0.39, 0.29) is 18.1 Å². The van der Waals surface area contributed by atoms with Gasteiger partial charge in [-0.2, -0.15) is 0 Å². The zero-order chi connectivity index (χ0) is 18.5. The Balaban J connectivity index is 1.65. The molecule has 2 aromatic heterocycles. The van der Waals surface area contributed by atoms with Gasteiger partial charge in [0.1, 0.15) is 5.82 Å². The first kappa shape index (κ1) is 18.3. The third-order valence-corrected chi connectivity index (χ3v) is 4.48. The van der Waals surface area contributed by atoms with Crippen LogP contribution in [0.1, 0.15) is 29.1 Å². The number of aryl methyl sites for hydroxylation is 1. The van der Waals surface area contributed by atoms with Crippen molar-refractivity contribution in [3.05, 3.63) is 36.0 Å². The van der Waals surface area contributed by atoms with Gasteiger partial charge in [-0.05, 0) is 26.1 Å². The number of anilines is 1. The first-order valence-corrected chi connectivity index (χ1v) is 8.74. The van der Waals surface area contributed by atoms with Crippen LogP contribution in [0, 0.1) is 0 Å². The minimum atomic E-state index is -0.222. The summed E-state index contributed by atoms with van der Waals surface area (Å²) in [5, 5.41) is 14.0. The Morgan fingerprint density at radius 3 is 2.85 bits per heavy atom. The molecule has 2 N–H and O–H groups in total. The standard InChI is InChI=1S/C17H25N7O2/c1-4-19-17(25)12-5-6-15(22-21-12)20-10-14-16(23(2)7-8-26-14)13-9-18-11-24(13)3/h5-6,9,11,14,16H,4,7-8,10H2,1-3H3,(H,19,25)(H,20,22)/t14-,16-/m0/s1. The quantitative estimate of drug-likeness (QED) is 0.772. The Hall–Kier alpha value is -2.52. The highest BCUT2D eigenvalue weighted by Crippen LogP contribution is 2.28. The van der Waals surface area contributed by atoms with E-state index in [9.17, 15) is 4.79 Å². The summed E-state index contributed by atoms with van der Waals surface area (Å²) in [7, 11) is 4.08. The number of aromatic nitrogens is 4. The normalized spacial score (nSPS) is 20.7. The molecule has 26 heavy (non-hydrogen) atoms. The fourth-order valence-corrected chi connectivity index (χ4v) is 3.11. The average Bonchev–Trinajstić information content (AvgIpc) is 3.06. The van der Waals surface area contributed by atoms with E-state index in [0.29, 0.717) is 31.2 Å². The van der Waals surface area contributed by atoms with Crippen molar-refractivity contribution in [2.75, 3.05) is 38.6 Å². The van der Waals surface area contributed by atoms with Crippen molar-refractivity contribution >= 4 is 11.7 Å². The first-order chi connectivity index (χ1) is 12.6. The van der Waals surface area contributed by atoms with Gasteiger partial charge in [-0.15, -0.1) is 10.2 Å². The Kier molecular flexibility index (Phi) is 5.79. The van der Waals surface area contributed by atoms with Crippen molar-refractivity contribution in [2.45, 2.75) is 19.1 Å². The monoisotopic (exact) mass is 359 g/mol. The topological polar surface area (TPSA) is 97.2 Å². The van der Waals surface area contributed by atoms with Crippen LogP contribution in [-0.4, -0.2) is 69.9 Å². The molecule has 140 valence electrons. The highest BCUT2D eigenvalue weighted by atomic mass is 16.5. The fraction of sp³-hybridized carbons (Fsp3) is 0.529. The number of morpholine rings is 1. The summed E-state index contributed by atoms with van der Waals surface area (Å²) in [4.78, 5) is 18.2. The lowest BCUT2D eigenvalue weighted by molar-refractivity contribution is -0.0578. The number of imidazole rings is 1. The number of amides is 1. The van der Waals surface area contributed by atoms with E-state index >= 15 is 0 Å². The van der Waals surface area contributed by atoms with Crippen molar-refractivity contribution in [3.63, 3.8) is 0 Å². The van der Waals surface area contributed by atoms with E-state index in [4.69, 9.17) is 4.74 Å². The Morgan fingerprint density at radius 1 is 1.35 bits per heavy atom. The van der Waals surface area contributed by atoms with Gasteiger partial charge in [-0.25, -0.2) is 4.98 Å². The van der Waals surface area contributed by atoms with Gasteiger partial charge in [-0.3, -0.25) is 9.69 Å². The van der Waals surface area contributed by atoms with Crippen LogP contribution in [0.4, 0.5) is 5.82 Å². The summed E-state index contributed by atoms with van der Waals surface area (Å²) in [5.41, 5.74) is 1.41. The Bertz CT molecular complexity index is 731. The van der Waals surface area contributed by atoms with Gasteiger partial charge >= 0.3 is 0 Å². The molecule has 1 amide bonds. The zero-order valence-electron chi connectivity index (χ0n) is 15.3. The molecule has 9 nitrogen and oxygen atoms in total. The molecule has 0 saturated carbocycles. The molecule has 0 unspecified atom stereocenters. The molecular weight excluding hydrogens is 334 g/mol. The molecule has 0 radical (unpaired) electrons. The molecule has 0 spiro atoms. The molecule has 1 aliphatic heterocycles. The predicted octanol–water partition coefficient (Wildman–Crippen LogP) is 0.444. The predicted molar refractivity (Wildman–Crippen MR) is 96.8 cm³/mol. The molecule has 1 saturated heterocycles. The zero-order valence-corrected chi connectivity index (χ0v) is 15.3. The van der Waals surface area contributed by atoms with Gasteiger partial charge in [0, 0.05) is 32.9 Å². The van der Waals surface area contributed by atoms with Crippen LogP contribution < -0.4 is 10.6 Å². The van der Waals surface area contributed by atoms with Crippen LogP contribution in [0.5, 0.6) is 0 Å². The highest BCUT2D eigenvalue weighted by molar-refractivity contribution is 5.92. The van der Waals surface area contributed by atoms with Crippen LogP contribution >= 0.6 is 0 Å². The van der Waals surface area contributed by atoms with Gasteiger partial charge in [-0.1, -0.05) is 0 Å². The van der Waals surface area contributed by atoms with Gasteiger partial charge in [0.25, 0.3) is 5.91 Å². The number of ether oxygens (including phenoxy) is 1. The maximum atomic E-state index is 11.7. The van der Waals surface area contributed by atoms with Crippen LogP contribution in [0.25, 0.3) is 0 Å².